The van der Waals surface area contributed by atoms with Gasteiger partial charge in [-0.05, 0) is 24.3 Å². The van der Waals surface area contributed by atoms with Crippen molar-refractivity contribution in [3.8, 4) is 0 Å². The van der Waals surface area contributed by atoms with Gasteiger partial charge in [-0.25, -0.2) is 0 Å². The monoisotopic (exact) mass is 213 g/mol. The van der Waals surface area contributed by atoms with Gasteiger partial charge in [-0.15, -0.1) is 0 Å². The quantitative estimate of drug-likeness (QED) is 0.783. The van der Waals surface area contributed by atoms with E-state index in [0.29, 0.717) is 18.2 Å². The van der Waals surface area contributed by atoms with Gasteiger partial charge in [0, 0.05) is 10.7 Å². The first-order valence-corrected chi connectivity index (χ1v) is 4.91. The van der Waals surface area contributed by atoms with Gasteiger partial charge in [0.15, 0.2) is 0 Å². The second-order valence-corrected chi connectivity index (χ2v) is 3.80. The van der Waals surface area contributed by atoms with Crippen LogP contribution in [-0.2, 0) is 4.74 Å². The minimum atomic E-state index is -0.425. The highest BCUT2D eigenvalue weighted by atomic mass is 35.5. The van der Waals surface area contributed by atoms with Gasteiger partial charge >= 0.3 is 0 Å². The first-order valence-electron chi connectivity index (χ1n) is 4.53. The van der Waals surface area contributed by atoms with Crippen molar-refractivity contribution in [1.29, 1.82) is 0 Å². The Balaban J connectivity index is 2.00. The van der Waals surface area contributed by atoms with Crippen LogP contribution in [0.1, 0.15) is 0 Å². The highest BCUT2D eigenvalue weighted by molar-refractivity contribution is 6.30. The largest absolute Gasteiger partial charge is 0.388 e. The maximum Gasteiger partial charge on any atom is 0.0996 e. The Bertz CT molecular complexity index is 301. The molecule has 0 spiro atoms. The van der Waals surface area contributed by atoms with Gasteiger partial charge in [0.1, 0.15) is 0 Å². The third-order valence-electron chi connectivity index (χ3n) is 2.25. The molecule has 2 atom stereocenters. The first-order chi connectivity index (χ1) is 6.75. The Morgan fingerprint density at radius 2 is 2.00 bits per heavy atom. The van der Waals surface area contributed by atoms with Gasteiger partial charge in [-0.1, -0.05) is 11.6 Å². The van der Waals surface area contributed by atoms with E-state index in [4.69, 9.17) is 16.3 Å². The van der Waals surface area contributed by atoms with E-state index in [1.54, 1.807) is 0 Å². The molecule has 0 aliphatic carbocycles. The molecule has 14 heavy (non-hydrogen) atoms. The van der Waals surface area contributed by atoms with Crippen molar-refractivity contribution >= 4 is 17.3 Å². The summed E-state index contributed by atoms with van der Waals surface area (Å²) in [4.78, 5) is 0. The van der Waals surface area contributed by atoms with Gasteiger partial charge < -0.3 is 15.2 Å². The Kier molecular flexibility index (Phi) is 2.91. The average molecular weight is 214 g/mol. The topological polar surface area (TPSA) is 41.5 Å². The molecule has 2 N–H and O–H groups in total. The summed E-state index contributed by atoms with van der Waals surface area (Å²) in [6.07, 6.45) is -0.425. The molecule has 3 nitrogen and oxygen atoms in total. The summed E-state index contributed by atoms with van der Waals surface area (Å²) < 4.78 is 5.13. The number of ether oxygens (including phenoxy) is 1. The highest BCUT2D eigenvalue weighted by Crippen LogP contribution is 2.17. The summed E-state index contributed by atoms with van der Waals surface area (Å²) in [5.74, 6) is 0. The molecule has 1 aliphatic rings. The maximum absolute atomic E-state index is 9.49. The zero-order chi connectivity index (χ0) is 9.97. The lowest BCUT2D eigenvalue weighted by molar-refractivity contribution is 0.125. The molecule has 0 aromatic heterocycles. The maximum atomic E-state index is 9.49. The summed E-state index contributed by atoms with van der Waals surface area (Å²) in [6, 6.07) is 7.37. The molecule has 1 saturated heterocycles. The number of hydrogen-bond acceptors (Lipinski definition) is 3. The van der Waals surface area contributed by atoms with Crippen LogP contribution in [0.25, 0.3) is 0 Å². The Morgan fingerprint density at radius 3 is 2.57 bits per heavy atom. The van der Waals surface area contributed by atoms with Crippen molar-refractivity contribution in [2.45, 2.75) is 12.1 Å². The van der Waals surface area contributed by atoms with Crippen LogP contribution in [-0.4, -0.2) is 30.5 Å². The van der Waals surface area contributed by atoms with Gasteiger partial charge in [-0.3, -0.25) is 0 Å². The zero-order valence-corrected chi connectivity index (χ0v) is 8.37. The minimum absolute atomic E-state index is 0.0174. The number of aliphatic hydroxyl groups excluding tert-OH is 1. The molecule has 0 radical (unpaired) electrons. The third-order valence-corrected chi connectivity index (χ3v) is 2.50. The molecule has 1 heterocycles. The van der Waals surface area contributed by atoms with Crippen LogP contribution in [0.4, 0.5) is 5.69 Å². The van der Waals surface area contributed by atoms with E-state index in [1.165, 1.54) is 0 Å². The zero-order valence-electron chi connectivity index (χ0n) is 7.61. The lowest BCUT2D eigenvalue weighted by Gasteiger charge is -2.15. The van der Waals surface area contributed by atoms with Crippen LogP contribution >= 0.6 is 11.6 Å². The minimum Gasteiger partial charge on any atom is -0.388 e. The van der Waals surface area contributed by atoms with Crippen LogP contribution in [0.3, 0.4) is 0 Å². The molecular formula is C10H12ClNO2. The fourth-order valence-corrected chi connectivity index (χ4v) is 1.57. The lowest BCUT2D eigenvalue weighted by atomic mass is 10.2. The van der Waals surface area contributed by atoms with E-state index in [9.17, 15) is 5.11 Å². The molecule has 2 rings (SSSR count). The van der Waals surface area contributed by atoms with Crippen molar-refractivity contribution in [1.82, 2.24) is 0 Å². The number of nitrogens with one attached hydrogen (secondary N) is 1. The fraction of sp³-hybridized carbons (Fsp3) is 0.400. The van der Waals surface area contributed by atoms with Gasteiger partial charge in [0.25, 0.3) is 0 Å². The summed E-state index contributed by atoms with van der Waals surface area (Å²) >= 11 is 5.76. The lowest BCUT2D eigenvalue weighted by Crippen LogP contribution is -2.31. The summed E-state index contributed by atoms with van der Waals surface area (Å²) in [6.45, 7) is 0.953. The van der Waals surface area contributed by atoms with Crippen molar-refractivity contribution in [2.75, 3.05) is 18.5 Å². The third kappa shape index (κ3) is 2.18. The molecule has 76 valence electrons. The molecule has 1 aliphatic heterocycles. The predicted octanol–water partition coefficient (Wildman–Crippen LogP) is 1.51. The standard InChI is InChI=1S/C10H12ClNO2/c11-7-1-3-8(4-2-7)12-9-5-14-6-10(9)13/h1-4,9-10,12-13H,5-6H2. The number of hydrogen-bond donors (Lipinski definition) is 2. The van der Waals surface area contributed by atoms with Crippen LogP contribution in [0.2, 0.25) is 5.02 Å². The van der Waals surface area contributed by atoms with E-state index in [0.717, 1.165) is 5.69 Å². The van der Waals surface area contributed by atoms with Crippen molar-refractivity contribution in [3.63, 3.8) is 0 Å². The van der Waals surface area contributed by atoms with E-state index >= 15 is 0 Å². The number of benzene rings is 1. The van der Waals surface area contributed by atoms with Crippen molar-refractivity contribution in [3.05, 3.63) is 29.3 Å². The molecule has 1 aromatic carbocycles. The fourth-order valence-electron chi connectivity index (χ4n) is 1.44. The Hall–Kier alpha value is -0.770. The molecule has 0 bridgehead atoms. The van der Waals surface area contributed by atoms with Gasteiger partial charge in [-0.2, -0.15) is 0 Å². The van der Waals surface area contributed by atoms with E-state index in [2.05, 4.69) is 5.32 Å². The van der Waals surface area contributed by atoms with Gasteiger partial charge in [0.2, 0.25) is 0 Å². The molecule has 1 aromatic rings. The molecule has 2 unspecified atom stereocenters. The molecule has 1 fully saturated rings. The van der Waals surface area contributed by atoms with Crippen LogP contribution < -0.4 is 5.32 Å². The predicted molar refractivity (Wildman–Crippen MR) is 55.7 cm³/mol. The first kappa shape index (κ1) is 9.77. The highest BCUT2D eigenvalue weighted by Gasteiger charge is 2.25. The van der Waals surface area contributed by atoms with Gasteiger partial charge in [0.05, 0.1) is 25.4 Å². The number of rotatable bonds is 2. The molecule has 0 saturated carbocycles. The summed E-state index contributed by atoms with van der Waals surface area (Å²) in [7, 11) is 0. The SMILES string of the molecule is OC1COCC1Nc1ccc(Cl)cc1. The van der Waals surface area contributed by atoms with E-state index < -0.39 is 6.10 Å². The van der Waals surface area contributed by atoms with Crippen LogP contribution in [0, 0.1) is 0 Å². The number of anilines is 1. The number of halogens is 1. The van der Waals surface area contributed by atoms with Crippen molar-refractivity contribution in [2.24, 2.45) is 0 Å². The second-order valence-electron chi connectivity index (χ2n) is 3.36. The molecular weight excluding hydrogens is 202 g/mol. The molecule has 4 heteroatoms. The number of aliphatic hydroxyl groups is 1. The summed E-state index contributed by atoms with van der Waals surface area (Å²) in [5.41, 5.74) is 0.948. The summed E-state index contributed by atoms with van der Waals surface area (Å²) in [5, 5.41) is 13.4. The van der Waals surface area contributed by atoms with Crippen molar-refractivity contribution < 1.29 is 9.84 Å². The molecule has 0 amide bonds. The average Bonchev–Trinajstić information content (AvgIpc) is 2.56. The van der Waals surface area contributed by atoms with E-state index in [1.807, 2.05) is 24.3 Å². The van der Waals surface area contributed by atoms with Crippen LogP contribution in [0.5, 0.6) is 0 Å². The Morgan fingerprint density at radius 1 is 1.29 bits per heavy atom. The second kappa shape index (κ2) is 4.17. The van der Waals surface area contributed by atoms with Crippen LogP contribution in [0.15, 0.2) is 24.3 Å². The Labute approximate surface area is 87.6 Å². The normalized spacial score (nSPS) is 26.4. The smallest absolute Gasteiger partial charge is 0.0996 e. The van der Waals surface area contributed by atoms with E-state index in [-0.39, 0.29) is 6.04 Å².